The molecule has 19 heavy (non-hydrogen) atoms. The standard InChI is InChI=1S/C13H9Cl2NO3/c14-9-5-7(6-10(15)12(9)17)16-11-4-2-1-3-8(11)13(18)19/h1-6,16-17H,(H,18,19). The molecule has 0 bridgehead atoms. The average molecular weight is 298 g/mol. The second-order valence-corrected chi connectivity index (χ2v) is 4.58. The van der Waals surface area contributed by atoms with Gasteiger partial charge in [0, 0.05) is 5.69 Å². The zero-order valence-corrected chi connectivity index (χ0v) is 11.0. The molecule has 0 aliphatic rings. The Balaban J connectivity index is 2.39. The highest BCUT2D eigenvalue weighted by Gasteiger charge is 2.11. The molecule has 0 atom stereocenters. The first-order valence-electron chi connectivity index (χ1n) is 5.26. The minimum Gasteiger partial charge on any atom is -0.505 e. The molecule has 0 fully saturated rings. The van der Waals surface area contributed by atoms with Crippen LogP contribution in [-0.2, 0) is 0 Å². The summed E-state index contributed by atoms with van der Waals surface area (Å²) in [6.07, 6.45) is 0. The van der Waals surface area contributed by atoms with E-state index in [2.05, 4.69) is 5.32 Å². The minimum atomic E-state index is -1.04. The van der Waals surface area contributed by atoms with Gasteiger partial charge in [-0.15, -0.1) is 0 Å². The van der Waals surface area contributed by atoms with E-state index in [0.717, 1.165) is 0 Å². The van der Waals surface area contributed by atoms with Crippen molar-refractivity contribution in [2.45, 2.75) is 0 Å². The van der Waals surface area contributed by atoms with Crippen LogP contribution in [0.25, 0.3) is 0 Å². The van der Waals surface area contributed by atoms with Gasteiger partial charge in [-0.05, 0) is 24.3 Å². The summed E-state index contributed by atoms with van der Waals surface area (Å²) in [4.78, 5) is 11.1. The molecule has 0 aliphatic heterocycles. The first-order valence-corrected chi connectivity index (χ1v) is 6.02. The molecule has 0 aliphatic carbocycles. The molecule has 0 aromatic heterocycles. The van der Waals surface area contributed by atoms with Gasteiger partial charge < -0.3 is 15.5 Å². The zero-order valence-electron chi connectivity index (χ0n) is 9.52. The van der Waals surface area contributed by atoms with Gasteiger partial charge in [-0.2, -0.15) is 0 Å². The van der Waals surface area contributed by atoms with Crippen molar-refractivity contribution in [3.8, 4) is 5.75 Å². The molecular formula is C13H9Cl2NO3. The molecule has 0 unspecified atom stereocenters. The summed E-state index contributed by atoms with van der Waals surface area (Å²) in [6.45, 7) is 0. The van der Waals surface area contributed by atoms with E-state index in [1.54, 1.807) is 18.2 Å². The number of anilines is 2. The van der Waals surface area contributed by atoms with Crippen LogP contribution in [0.4, 0.5) is 11.4 Å². The summed E-state index contributed by atoms with van der Waals surface area (Å²) in [6, 6.07) is 9.36. The van der Waals surface area contributed by atoms with Crippen LogP contribution in [0.15, 0.2) is 36.4 Å². The number of phenols is 1. The summed E-state index contributed by atoms with van der Waals surface area (Å²) < 4.78 is 0. The molecule has 3 N–H and O–H groups in total. The van der Waals surface area contributed by atoms with E-state index in [-0.39, 0.29) is 21.4 Å². The van der Waals surface area contributed by atoms with Crippen molar-refractivity contribution in [3.05, 3.63) is 52.0 Å². The number of benzene rings is 2. The van der Waals surface area contributed by atoms with Crippen LogP contribution in [0.5, 0.6) is 5.75 Å². The Bertz CT molecular complexity index is 621. The fourth-order valence-electron chi connectivity index (χ4n) is 1.57. The molecule has 0 saturated carbocycles. The number of aromatic hydroxyl groups is 1. The molecule has 2 rings (SSSR count). The highest BCUT2D eigenvalue weighted by atomic mass is 35.5. The normalized spacial score (nSPS) is 10.2. The fourth-order valence-corrected chi connectivity index (χ4v) is 2.06. The van der Waals surface area contributed by atoms with E-state index in [1.807, 2.05) is 0 Å². The van der Waals surface area contributed by atoms with E-state index in [4.69, 9.17) is 28.3 Å². The van der Waals surface area contributed by atoms with E-state index in [0.29, 0.717) is 11.4 Å². The minimum absolute atomic E-state index is 0.0859. The van der Waals surface area contributed by atoms with E-state index < -0.39 is 5.97 Å². The largest absolute Gasteiger partial charge is 0.505 e. The lowest BCUT2D eigenvalue weighted by Gasteiger charge is -2.11. The van der Waals surface area contributed by atoms with Crippen LogP contribution in [-0.4, -0.2) is 16.2 Å². The number of hydrogen-bond donors (Lipinski definition) is 3. The number of aromatic carboxylic acids is 1. The highest BCUT2D eigenvalue weighted by molar-refractivity contribution is 6.37. The molecule has 6 heteroatoms. The Morgan fingerprint density at radius 2 is 1.68 bits per heavy atom. The lowest BCUT2D eigenvalue weighted by molar-refractivity contribution is 0.0698. The predicted octanol–water partition coefficient (Wildman–Crippen LogP) is 4.14. The lowest BCUT2D eigenvalue weighted by atomic mass is 10.1. The number of para-hydroxylation sites is 1. The van der Waals surface area contributed by atoms with Crippen molar-refractivity contribution in [1.82, 2.24) is 0 Å². The predicted molar refractivity (Wildman–Crippen MR) is 74.8 cm³/mol. The number of phenolic OH excluding ortho intramolecular Hbond substituents is 1. The maximum absolute atomic E-state index is 11.1. The topological polar surface area (TPSA) is 69.6 Å². The number of hydrogen-bond acceptors (Lipinski definition) is 3. The molecule has 0 saturated heterocycles. The van der Waals surface area contributed by atoms with Gasteiger partial charge in [-0.1, -0.05) is 35.3 Å². The maximum Gasteiger partial charge on any atom is 0.337 e. The van der Waals surface area contributed by atoms with Crippen molar-refractivity contribution in [3.63, 3.8) is 0 Å². The second kappa shape index (κ2) is 5.38. The second-order valence-electron chi connectivity index (χ2n) is 3.76. The summed E-state index contributed by atoms with van der Waals surface area (Å²) in [7, 11) is 0. The fraction of sp³-hybridized carbons (Fsp3) is 0. The van der Waals surface area contributed by atoms with Gasteiger partial charge in [0.25, 0.3) is 0 Å². The van der Waals surface area contributed by atoms with E-state index in [1.165, 1.54) is 18.2 Å². The van der Waals surface area contributed by atoms with Crippen LogP contribution in [0.3, 0.4) is 0 Å². The number of carboxylic acids is 1. The van der Waals surface area contributed by atoms with Crippen LogP contribution in [0, 0.1) is 0 Å². The third-order valence-corrected chi connectivity index (χ3v) is 3.03. The quantitative estimate of drug-likeness (QED) is 0.745. The molecule has 2 aromatic rings. The third-order valence-electron chi connectivity index (χ3n) is 2.45. The first kappa shape index (κ1) is 13.5. The summed E-state index contributed by atoms with van der Waals surface area (Å²) in [5.74, 6) is -1.25. The smallest absolute Gasteiger partial charge is 0.337 e. The molecular weight excluding hydrogens is 289 g/mol. The summed E-state index contributed by atoms with van der Waals surface area (Å²) in [5, 5.41) is 21.6. The highest BCUT2D eigenvalue weighted by Crippen LogP contribution is 2.35. The van der Waals surface area contributed by atoms with Crippen molar-refractivity contribution >= 4 is 40.5 Å². The average Bonchev–Trinajstić information content (AvgIpc) is 2.36. The number of carboxylic acid groups (broad SMARTS) is 1. The zero-order chi connectivity index (χ0) is 14.0. The summed E-state index contributed by atoms with van der Waals surface area (Å²) >= 11 is 11.6. The molecule has 0 heterocycles. The SMILES string of the molecule is O=C(O)c1ccccc1Nc1cc(Cl)c(O)c(Cl)c1. The number of rotatable bonds is 3. The van der Waals surface area contributed by atoms with Gasteiger partial charge in [0.2, 0.25) is 0 Å². The maximum atomic E-state index is 11.1. The number of nitrogens with one attached hydrogen (secondary N) is 1. The van der Waals surface area contributed by atoms with Gasteiger partial charge in [-0.25, -0.2) is 4.79 Å². The Morgan fingerprint density at radius 1 is 1.11 bits per heavy atom. The van der Waals surface area contributed by atoms with Crippen molar-refractivity contribution in [2.75, 3.05) is 5.32 Å². The molecule has 98 valence electrons. The molecule has 2 aromatic carbocycles. The Morgan fingerprint density at radius 3 is 2.26 bits per heavy atom. The first-order chi connectivity index (χ1) is 8.99. The van der Waals surface area contributed by atoms with Gasteiger partial charge in [0.1, 0.15) is 0 Å². The molecule has 0 spiro atoms. The van der Waals surface area contributed by atoms with Crippen LogP contribution in [0.1, 0.15) is 10.4 Å². The summed E-state index contributed by atoms with van der Waals surface area (Å²) in [5.41, 5.74) is 1.03. The van der Waals surface area contributed by atoms with Crippen LogP contribution < -0.4 is 5.32 Å². The number of carbonyl (C=O) groups is 1. The van der Waals surface area contributed by atoms with Gasteiger partial charge in [0.15, 0.2) is 5.75 Å². The Hall–Kier alpha value is -1.91. The Labute approximate surface area is 119 Å². The molecule has 0 radical (unpaired) electrons. The molecule has 0 amide bonds. The third kappa shape index (κ3) is 2.92. The van der Waals surface area contributed by atoms with E-state index in [9.17, 15) is 9.90 Å². The Kier molecular flexibility index (Phi) is 3.83. The van der Waals surface area contributed by atoms with Gasteiger partial charge in [0.05, 0.1) is 21.3 Å². The van der Waals surface area contributed by atoms with E-state index >= 15 is 0 Å². The van der Waals surface area contributed by atoms with Crippen LogP contribution in [0.2, 0.25) is 10.0 Å². The van der Waals surface area contributed by atoms with Gasteiger partial charge in [-0.3, -0.25) is 0 Å². The number of halogens is 2. The monoisotopic (exact) mass is 297 g/mol. The van der Waals surface area contributed by atoms with Crippen molar-refractivity contribution in [2.24, 2.45) is 0 Å². The van der Waals surface area contributed by atoms with Crippen molar-refractivity contribution < 1.29 is 15.0 Å². The molecule has 4 nitrogen and oxygen atoms in total. The lowest BCUT2D eigenvalue weighted by Crippen LogP contribution is -2.02. The van der Waals surface area contributed by atoms with Crippen molar-refractivity contribution in [1.29, 1.82) is 0 Å². The van der Waals surface area contributed by atoms with Crippen LogP contribution >= 0.6 is 23.2 Å². The van der Waals surface area contributed by atoms with Gasteiger partial charge >= 0.3 is 5.97 Å².